The van der Waals surface area contributed by atoms with E-state index in [1.807, 2.05) is 4.90 Å². The molecule has 2 aliphatic heterocycles. The zero-order valence-corrected chi connectivity index (χ0v) is 13.5. The van der Waals surface area contributed by atoms with Gasteiger partial charge in [-0.1, -0.05) is 0 Å². The average Bonchev–Trinajstić information content (AvgIpc) is 2.87. The standard InChI is InChI=1S/C16H31N3O2/c1-17(7-3-9-19-8-2-4-16(19)21)14-15-5-10-18(11-6-15)12-13-20/h15,20H,2-14H2,1H3. The molecule has 0 aromatic carbocycles. The molecule has 2 heterocycles. The maximum atomic E-state index is 11.5. The van der Waals surface area contributed by atoms with Crippen molar-refractivity contribution in [3.63, 3.8) is 0 Å². The third kappa shape index (κ3) is 5.57. The van der Waals surface area contributed by atoms with Gasteiger partial charge >= 0.3 is 0 Å². The Bertz CT molecular complexity index is 317. The van der Waals surface area contributed by atoms with Crippen molar-refractivity contribution in [2.75, 3.05) is 59.5 Å². The molecule has 0 spiro atoms. The van der Waals surface area contributed by atoms with E-state index in [1.54, 1.807) is 0 Å². The molecular weight excluding hydrogens is 266 g/mol. The number of rotatable bonds is 8. The number of hydrogen-bond acceptors (Lipinski definition) is 4. The number of piperidine rings is 1. The van der Waals surface area contributed by atoms with E-state index >= 15 is 0 Å². The van der Waals surface area contributed by atoms with E-state index in [4.69, 9.17) is 5.11 Å². The zero-order valence-electron chi connectivity index (χ0n) is 13.5. The molecule has 1 N–H and O–H groups in total. The van der Waals surface area contributed by atoms with Crippen molar-refractivity contribution in [3.8, 4) is 0 Å². The van der Waals surface area contributed by atoms with E-state index in [0.717, 1.165) is 64.4 Å². The van der Waals surface area contributed by atoms with Crippen LogP contribution < -0.4 is 0 Å². The Morgan fingerprint density at radius 1 is 1.24 bits per heavy atom. The second kappa shape index (κ2) is 8.71. The molecule has 5 nitrogen and oxygen atoms in total. The fourth-order valence-corrected chi connectivity index (χ4v) is 3.54. The topological polar surface area (TPSA) is 47.0 Å². The fourth-order valence-electron chi connectivity index (χ4n) is 3.54. The van der Waals surface area contributed by atoms with Gasteiger partial charge in [-0.3, -0.25) is 4.79 Å². The number of aliphatic hydroxyl groups is 1. The lowest BCUT2D eigenvalue weighted by Crippen LogP contribution is -2.39. The summed E-state index contributed by atoms with van der Waals surface area (Å²) in [5.74, 6) is 1.13. The van der Waals surface area contributed by atoms with Crippen LogP contribution in [0.1, 0.15) is 32.1 Å². The molecule has 0 aromatic rings. The lowest BCUT2D eigenvalue weighted by Gasteiger charge is -2.33. The van der Waals surface area contributed by atoms with Crippen molar-refractivity contribution in [2.45, 2.75) is 32.1 Å². The molecule has 2 saturated heterocycles. The number of carbonyl (C=O) groups excluding carboxylic acids is 1. The number of hydrogen-bond donors (Lipinski definition) is 1. The van der Waals surface area contributed by atoms with E-state index < -0.39 is 0 Å². The van der Waals surface area contributed by atoms with Gasteiger partial charge in [-0.25, -0.2) is 0 Å². The van der Waals surface area contributed by atoms with Crippen LogP contribution in [0.25, 0.3) is 0 Å². The third-order valence-corrected chi connectivity index (χ3v) is 4.83. The summed E-state index contributed by atoms with van der Waals surface area (Å²) in [7, 11) is 2.20. The third-order valence-electron chi connectivity index (χ3n) is 4.83. The van der Waals surface area contributed by atoms with Crippen LogP contribution in [0.2, 0.25) is 0 Å². The van der Waals surface area contributed by atoms with Gasteiger partial charge in [0.05, 0.1) is 6.61 Å². The van der Waals surface area contributed by atoms with Crippen molar-refractivity contribution >= 4 is 5.91 Å². The minimum absolute atomic E-state index is 0.278. The number of likely N-dealkylation sites (tertiary alicyclic amines) is 2. The van der Waals surface area contributed by atoms with Gasteiger partial charge in [0.2, 0.25) is 5.91 Å². The van der Waals surface area contributed by atoms with Crippen molar-refractivity contribution in [1.29, 1.82) is 0 Å². The van der Waals surface area contributed by atoms with Gasteiger partial charge in [0.15, 0.2) is 0 Å². The summed E-state index contributed by atoms with van der Waals surface area (Å²) < 4.78 is 0. The number of aliphatic hydroxyl groups excluding tert-OH is 1. The number of β-amino-alcohol motifs (C(OH)–C–C–N with tert-alkyl or cyclic N) is 1. The molecule has 0 bridgehead atoms. The normalized spacial score (nSPS) is 21.7. The lowest BCUT2D eigenvalue weighted by atomic mass is 9.96. The van der Waals surface area contributed by atoms with Gasteiger partial charge in [0.25, 0.3) is 0 Å². The van der Waals surface area contributed by atoms with Gasteiger partial charge in [-0.05, 0) is 58.3 Å². The Labute approximate surface area is 128 Å². The molecule has 5 heteroatoms. The van der Waals surface area contributed by atoms with Gasteiger partial charge in [0, 0.05) is 32.6 Å². The predicted molar refractivity (Wildman–Crippen MR) is 84.2 cm³/mol. The Morgan fingerprint density at radius 3 is 2.62 bits per heavy atom. The Morgan fingerprint density at radius 2 is 2.00 bits per heavy atom. The van der Waals surface area contributed by atoms with Crippen LogP contribution in [0.5, 0.6) is 0 Å². The highest BCUT2D eigenvalue weighted by Crippen LogP contribution is 2.18. The minimum Gasteiger partial charge on any atom is -0.395 e. The van der Waals surface area contributed by atoms with E-state index in [2.05, 4.69) is 16.8 Å². The number of carbonyl (C=O) groups is 1. The maximum absolute atomic E-state index is 11.5. The highest BCUT2D eigenvalue weighted by molar-refractivity contribution is 5.77. The molecule has 0 aliphatic carbocycles. The summed E-state index contributed by atoms with van der Waals surface area (Å²) in [5.41, 5.74) is 0. The van der Waals surface area contributed by atoms with Crippen LogP contribution in [-0.4, -0.2) is 85.2 Å². The molecular formula is C16H31N3O2. The van der Waals surface area contributed by atoms with Gasteiger partial charge in [0.1, 0.15) is 0 Å². The highest BCUT2D eigenvalue weighted by atomic mass is 16.3. The second-order valence-electron chi connectivity index (χ2n) is 6.61. The maximum Gasteiger partial charge on any atom is 0.222 e. The summed E-state index contributed by atoms with van der Waals surface area (Å²) in [6.45, 7) is 7.50. The number of nitrogens with zero attached hydrogens (tertiary/aromatic N) is 3. The quantitative estimate of drug-likeness (QED) is 0.714. The van der Waals surface area contributed by atoms with Crippen LogP contribution in [0.15, 0.2) is 0 Å². The summed E-state index contributed by atoms with van der Waals surface area (Å²) in [5, 5.41) is 8.96. The average molecular weight is 297 g/mol. The Balaban J connectivity index is 1.55. The summed E-state index contributed by atoms with van der Waals surface area (Å²) in [6, 6.07) is 0. The van der Waals surface area contributed by atoms with Crippen molar-refractivity contribution in [3.05, 3.63) is 0 Å². The van der Waals surface area contributed by atoms with Crippen molar-refractivity contribution < 1.29 is 9.90 Å². The van der Waals surface area contributed by atoms with Crippen molar-refractivity contribution in [2.24, 2.45) is 5.92 Å². The zero-order chi connectivity index (χ0) is 15.1. The van der Waals surface area contributed by atoms with E-state index in [-0.39, 0.29) is 6.61 Å². The molecule has 2 aliphatic rings. The smallest absolute Gasteiger partial charge is 0.222 e. The highest BCUT2D eigenvalue weighted by Gasteiger charge is 2.21. The molecule has 2 fully saturated rings. The van der Waals surface area contributed by atoms with Gasteiger partial charge < -0.3 is 19.8 Å². The molecule has 0 unspecified atom stereocenters. The van der Waals surface area contributed by atoms with Gasteiger partial charge in [-0.2, -0.15) is 0 Å². The van der Waals surface area contributed by atoms with E-state index in [0.29, 0.717) is 5.91 Å². The van der Waals surface area contributed by atoms with Crippen LogP contribution in [0.3, 0.4) is 0 Å². The largest absolute Gasteiger partial charge is 0.395 e. The Hall–Kier alpha value is -0.650. The van der Waals surface area contributed by atoms with Crippen molar-refractivity contribution in [1.82, 2.24) is 14.7 Å². The first-order valence-electron chi connectivity index (χ1n) is 8.48. The molecule has 2 rings (SSSR count). The molecule has 0 atom stereocenters. The second-order valence-corrected chi connectivity index (χ2v) is 6.61. The van der Waals surface area contributed by atoms with E-state index in [9.17, 15) is 4.79 Å². The SMILES string of the molecule is CN(CCCN1CCCC1=O)CC1CCN(CCO)CC1. The van der Waals surface area contributed by atoms with Crippen LogP contribution >= 0.6 is 0 Å². The van der Waals surface area contributed by atoms with E-state index in [1.165, 1.54) is 19.4 Å². The van der Waals surface area contributed by atoms with Crippen LogP contribution in [0.4, 0.5) is 0 Å². The van der Waals surface area contributed by atoms with Gasteiger partial charge in [-0.15, -0.1) is 0 Å². The minimum atomic E-state index is 0.278. The number of amides is 1. The predicted octanol–water partition coefficient (Wildman–Crippen LogP) is 0.635. The molecule has 21 heavy (non-hydrogen) atoms. The summed E-state index contributed by atoms with van der Waals surface area (Å²) in [6.07, 6.45) is 5.37. The molecule has 0 radical (unpaired) electrons. The molecule has 0 saturated carbocycles. The molecule has 122 valence electrons. The van der Waals surface area contributed by atoms with Crippen LogP contribution in [0, 0.1) is 5.92 Å². The summed E-state index contributed by atoms with van der Waals surface area (Å²) in [4.78, 5) is 18.3. The first-order chi connectivity index (χ1) is 10.2. The summed E-state index contributed by atoms with van der Waals surface area (Å²) >= 11 is 0. The van der Waals surface area contributed by atoms with Crippen LogP contribution in [-0.2, 0) is 4.79 Å². The first-order valence-corrected chi connectivity index (χ1v) is 8.48. The Kier molecular flexibility index (Phi) is 6.93. The molecule has 1 amide bonds. The fraction of sp³-hybridized carbons (Fsp3) is 0.938. The lowest BCUT2D eigenvalue weighted by molar-refractivity contribution is -0.127. The monoisotopic (exact) mass is 297 g/mol. The first kappa shape index (κ1) is 16.7. The molecule has 0 aromatic heterocycles.